The second kappa shape index (κ2) is 9.84. The van der Waals surface area contributed by atoms with Crippen molar-refractivity contribution < 1.29 is 18.8 Å². The Morgan fingerprint density at radius 3 is 2.25 bits per heavy atom. The number of carbonyl (C=O) groups excluding carboxylic acids is 3. The van der Waals surface area contributed by atoms with Gasteiger partial charge >= 0.3 is 0 Å². The SMILES string of the molecule is CC1=C(C(=O)N(C(C)C)C(C)C)CC(CC(=O)NC2CC2)C(=O)N1Cc1ccc(F)cc1. The largest absolute Gasteiger partial charge is 0.353 e. The highest BCUT2D eigenvalue weighted by molar-refractivity contribution is 5.99. The molecule has 3 amide bonds. The van der Waals surface area contributed by atoms with Gasteiger partial charge in [0.2, 0.25) is 11.8 Å². The van der Waals surface area contributed by atoms with Gasteiger partial charge in [-0.1, -0.05) is 12.1 Å². The monoisotopic (exact) mass is 443 g/mol. The lowest BCUT2D eigenvalue weighted by Gasteiger charge is -2.38. The Labute approximate surface area is 189 Å². The maximum atomic E-state index is 13.5. The zero-order chi connectivity index (χ0) is 23.6. The van der Waals surface area contributed by atoms with E-state index in [1.54, 1.807) is 24.0 Å². The number of rotatable bonds is 8. The van der Waals surface area contributed by atoms with Crippen molar-refractivity contribution in [3.8, 4) is 0 Å². The second-order valence-corrected chi connectivity index (χ2v) is 9.46. The van der Waals surface area contributed by atoms with Crippen LogP contribution in [0.2, 0.25) is 0 Å². The molecule has 1 fully saturated rings. The molecular formula is C25H34FN3O3. The minimum absolute atomic E-state index is 0.00240. The van der Waals surface area contributed by atoms with Gasteiger partial charge in [0.25, 0.3) is 5.91 Å². The number of nitrogens with zero attached hydrogens (tertiary/aromatic N) is 2. The van der Waals surface area contributed by atoms with E-state index in [9.17, 15) is 18.8 Å². The molecule has 3 rings (SSSR count). The molecule has 1 aliphatic heterocycles. The van der Waals surface area contributed by atoms with Crippen LogP contribution in [0.25, 0.3) is 0 Å². The predicted octanol–water partition coefficient (Wildman–Crippen LogP) is 3.76. The summed E-state index contributed by atoms with van der Waals surface area (Å²) in [6.45, 7) is 9.90. The first-order valence-electron chi connectivity index (χ1n) is 11.5. The molecule has 1 aromatic rings. The minimum Gasteiger partial charge on any atom is -0.353 e. The van der Waals surface area contributed by atoms with Gasteiger partial charge in [0.05, 0.1) is 12.5 Å². The second-order valence-electron chi connectivity index (χ2n) is 9.46. The molecule has 32 heavy (non-hydrogen) atoms. The summed E-state index contributed by atoms with van der Waals surface area (Å²) in [5.74, 6) is -1.37. The molecule has 7 heteroatoms. The van der Waals surface area contributed by atoms with Crippen LogP contribution in [0.4, 0.5) is 4.39 Å². The maximum Gasteiger partial charge on any atom is 0.252 e. The molecule has 0 aromatic heterocycles. The van der Waals surface area contributed by atoms with Crippen molar-refractivity contribution in [2.24, 2.45) is 5.92 Å². The quantitative estimate of drug-likeness (QED) is 0.665. The Morgan fingerprint density at radius 1 is 1.12 bits per heavy atom. The van der Waals surface area contributed by atoms with Gasteiger partial charge in [-0.3, -0.25) is 14.4 Å². The van der Waals surface area contributed by atoms with E-state index in [-0.39, 0.29) is 61.1 Å². The van der Waals surface area contributed by atoms with Gasteiger partial charge in [-0.25, -0.2) is 4.39 Å². The molecule has 1 aromatic carbocycles. The molecule has 1 atom stereocenters. The van der Waals surface area contributed by atoms with Crippen LogP contribution < -0.4 is 5.32 Å². The normalized spacial score (nSPS) is 19.1. The lowest BCUT2D eigenvalue weighted by molar-refractivity contribution is -0.139. The highest BCUT2D eigenvalue weighted by Crippen LogP contribution is 2.33. The minimum atomic E-state index is -0.599. The third-order valence-corrected chi connectivity index (χ3v) is 6.14. The number of allylic oxidation sites excluding steroid dienone is 1. The lowest BCUT2D eigenvalue weighted by Crippen LogP contribution is -2.47. The average molecular weight is 444 g/mol. The molecule has 2 aliphatic rings. The Balaban J connectivity index is 1.92. The standard InChI is InChI=1S/C25H34FN3O3/c1-15(2)29(16(3)4)25(32)22-12-19(13-23(30)27-21-10-11-21)24(31)28(17(22)5)14-18-6-8-20(26)9-7-18/h6-9,15-16,19,21H,10-14H2,1-5H3,(H,27,30). The molecule has 1 heterocycles. The van der Waals surface area contributed by atoms with E-state index in [0.29, 0.717) is 11.3 Å². The van der Waals surface area contributed by atoms with Gasteiger partial charge in [-0.15, -0.1) is 0 Å². The number of hydrogen-bond acceptors (Lipinski definition) is 3. The summed E-state index contributed by atoms with van der Waals surface area (Å²) in [6.07, 6.45) is 2.25. The van der Waals surface area contributed by atoms with Gasteiger partial charge in [0.1, 0.15) is 5.82 Å². The summed E-state index contributed by atoms with van der Waals surface area (Å²) in [4.78, 5) is 42.8. The number of amides is 3. The van der Waals surface area contributed by atoms with Gasteiger partial charge in [-0.2, -0.15) is 0 Å². The highest BCUT2D eigenvalue weighted by Gasteiger charge is 2.39. The zero-order valence-corrected chi connectivity index (χ0v) is 19.7. The van der Waals surface area contributed by atoms with Crippen molar-refractivity contribution in [1.82, 2.24) is 15.1 Å². The van der Waals surface area contributed by atoms with Crippen LogP contribution in [0.1, 0.15) is 65.9 Å². The van der Waals surface area contributed by atoms with Crippen molar-refractivity contribution in [3.63, 3.8) is 0 Å². The van der Waals surface area contributed by atoms with Crippen LogP contribution in [0.3, 0.4) is 0 Å². The number of hydrogen-bond donors (Lipinski definition) is 1. The Kier molecular flexibility index (Phi) is 7.36. The molecule has 1 saturated carbocycles. The number of benzene rings is 1. The zero-order valence-electron chi connectivity index (χ0n) is 19.7. The summed E-state index contributed by atoms with van der Waals surface area (Å²) in [7, 11) is 0. The first-order chi connectivity index (χ1) is 15.1. The summed E-state index contributed by atoms with van der Waals surface area (Å²) in [6, 6.07) is 6.20. The van der Waals surface area contributed by atoms with Crippen molar-refractivity contribution >= 4 is 17.7 Å². The van der Waals surface area contributed by atoms with E-state index in [4.69, 9.17) is 0 Å². The summed E-state index contributed by atoms with van der Waals surface area (Å²) < 4.78 is 13.4. The van der Waals surface area contributed by atoms with Crippen LogP contribution in [-0.4, -0.2) is 45.6 Å². The Hall–Kier alpha value is -2.70. The third-order valence-electron chi connectivity index (χ3n) is 6.14. The molecule has 174 valence electrons. The molecule has 1 unspecified atom stereocenters. The van der Waals surface area contributed by atoms with Crippen molar-refractivity contribution in [3.05, 3.63) is 46.9 Å². The Bertz CT molecular complexity index is 896. The maximum absolute atomic E-state index is 13.5. The van der Waals surface area contributed by atoms with E-state index < -0.39 is 5.92 Å². The molecule has 1 N–H and O–H groups in total. The number of nitrogens with one attached hydrogen (secondary N) is 1. The first-order valence-corrected chi connectivity index (χ1v) is 11.5. The van der Waals surface area contributed by atoms with E-state index >= 15 is 0 Å². The van der Waals surface area contributed by atoms with Crippen molar-refractivity contribution in [2.45, 2.75) is 85.0 Å². The molecule has 0 saturated heterocycles. The fourth-order valence-electron chi connectivity index (χ4n) is 4.36. The lowest BCUT2D eigenvalue weighted by atomic mass is 9.87. The first kappa shape index (κ1) is 24.0. The van der Waals surface area contributed by atoms with E-state index in [0.717, 1.165) is 18.4 Å². The fourth-order valence-corrected chi connectivity index (χ4v) is 4.36. The molecule has 0 spiro atoms. The summed E-state index contributed by atoms with van der Waals surface area (Å²) in [5.41, 5.74) is 1.94. The van der Waals surface area contributed by atoms with Gasteiger partial charge in [0.15, 0.2) is 0 Å². The number of carbonyl (C=O) groups is 3. The summed E-state index contributed by atoms with van der Waals surface area (Å²) >= 11 is 0. The van der Waals surface area contributed by atoms with E-state index in [1.165, 1.54) is 12.1 Å². The van der Waals surface area contributed by atoms with Gasteiger partial charge in [0, 0.05) is 35.8 Å². The smallest absolute Gasteiger partial charge is 0.252 e. The topological polar surface area (TPSA) is 69.7 Å². The molecule has 1 aliphatic carbocycles. The van der Waals surface area contributed by atoms with Crippen molar-refractivity contribution in [1.29, 1.82) is 0 Å². The molecule has 6 nitrogen and oxygen atoms in total. The summed E-state index contributed by atoms with van der Waals surface area (Å²) in [5, 5.41) is 2.94. The molecule has 0 radical (unpaired) electrons. The van der Waals surface area contributed by atoms with Gasteiger partial charge in [-0.05, 0) is 71.6 Å². The van der Waals surface area contributed by atoms with E-state index in [2.05, 4.69) is 5.32 Å². The van der Waals surface area contributed by atoms with Crippen LogP contribution in [0, 0.1) is 11.7 Å². The van der Waals surface area contributed by atoms with Crippen molar-refractivity contribution in [2.75, 3.05) is 0 Å². The average Bonchev–Trinajstić information content (AvgIpc) is 3.52. The van der Waals surface area contributed by atoms with Crippen LogP contribution in [0.15, 0.2) is 35.5 Å². The van der Waals surface area contributed by atoms with Crippen LogP contribution >= 0.6 is 0 Å². The van der Waals surface area contributed by atoms with Crippen LogP contribution in [-0.2, 0) is 20.9 Å². The highest BCUT2D eigenvalue weighted by atomic mass is 19.1. The van der Waals surface area contributed by atoms with E-state index in [1.807, 2.05) is 32.6 Å². The molecular weight excluding hydrogens is 409 g/mol. The molecule has 0 bridgehead atoms. The predicted molar refractivity (Wildman–Crippen MR) is 121 cm³/mol. The van der Waals surface area contributed by atoms with Crippen LogP contribution in [0.5, 0.6) is 0 Å². The Morgan fingerprint density at radius 2 is 1.72 bits per heavy atom. The third kappa shape index (κ3) is 5.56. The number of halogens is 1. The van der Waals surface area contributed by atoms with Gasteiger partial charge < -0.3 is 15.1 Å². The fraction of sp³-hybridized carbons (Fsp3) is 0.560.